The van der Waals surface area contributed by atoms with Crippen LogP contribution in [0.25, 0.3) is 27.5 Å². The molecule has 25 heavy (non-hydrogen) atoms. The van der Waals surface area contributed by atoms with E-state index in [0.29, 0.717) is 34.6 Å². The molecule has 0 fully saturated rings. The fraction of sp³-hybridized carbons (Fsp3) is 0.125. The number of fused-ring (bicyclic) bond motifs is 1. The van der Waals surface area contributed by atoms with E-state index in [4.69, 9.17) is 16.2 Å². The summed E-state index contributed by atoms with van der Waals surface area (Å²) in [5, 5.41) is 15.5. The molecule has 0 atom stereocenters. The summed E-state index contributed by atoms with van der Waals surface area (Å²) >= 11 is 1.36. The van der Waals surface area contributed by atoms with Crippen LogP contribution in [0.15, 0.2) is 35.7 Å². The molecule has 0 aliphatic carbocycles. The molecule has 0 spiro atoms. The van der Waals surface area contributed by atoms with E-state index >= 15 is 0 Å². The maximum Gasteiger partial charge on any atom is 0.187 e. The smallest absolute Gasteiger partial charge is 0.187 e. The largest absolute Gasteiger partial charge is 0.383 e. The van der Waals surface area contributed by atoms with Crippen molar-refractivity contribution in [2.75, 3.05) is 18.6 Å². The molecule has 8 nitrogen and oxygen atoms in total. The summed E-state index contributed by atoms with van der Waals surface area (Å²) in [6, 6.07) is 9.85. The van der Waals surface area contributed by atoms with Gasteiger partial charge in [0.05, 0.1) is 17.9 Å². The molecule has 0 unspecified atom stereocenters. The van der Waals surface area contributed by atoms with Crippen LogP contribution in [0.1, 0.15) is 5.69 Å². The average Bonchev–Trinajstić information content (AvgIpc) is 3.20. The van der Waals surface area contributed by atoms with Gasteiger partial charge < -0.3 is 16.2 Å². The molecule has 9 heteroatoms. The van der Waals surface area contributed by atoms with Crippen molar-refractivity contribution >= 4 is 28.6 Å². The lowest BCUT2D eigenvalue weighted by Crippen LogP contribution is -2.05. The van der Waals surface area contributed by atoms with Crippen LogP contribution < -0.4 is 11.5 Å². The van der Waals surface area contributed by atoms with E-state index in [-0.39, 0.29) is 0 Å². The van der Waals surface area contributed by atoms with Gasteiger partial charge in [0.2, 0.25) is 0 Å². The highest BCUT2D eigenvalue weighted by molar-refractivity contribution is 7.13. The van der Waals surface area contributed by atoms with Crippen LogP contribution in [0, 0.1) is 0 Å². The Kier molecular flexibility index (Phi) is 3.79. The number of ether oxygens (including phenoxy) is 1. The highest BCUT2D eigenvalue weighted by atomic mass is 32.1. The third-order valence-corrected chi connectivity index (χ3v) is 4.58. The van der Waals surface area contributed by atoms with Crippen LogP contribution in [0.3, 0.4) is 0 Å². The maximum absolute atomic E-state index is 6.30. The van der Waals surface area contributed by atoms with E-state index in [0.717, 1.165) is 16.8 Å². The summed E-state index contributed by atoms with van der Waals surface area (Å²) in [7, 11) is 1.62. The van der Waals surface area contributed by atoms with Gasteiger partial charge in [0.15, 0.2) is 17.2 Å². The number of benzene rings is 1. The van der Waals surface area contributed by atoms with Gasteiger partial charge in [-0.3, -0.25) is 0 Å². The number of rotatable bonds is 4. The van der Waals surface area contributed by atoms with Crippen LogP contribution in [0.4, 0.5) is 11.6 Å². The minimum atomic E-state index is 0.340. The first-order chi connectivity index (χ1) is 12.2. The molecule has 1 aromatic carbocycles. The van der Waals surface area contributed by atoms with E-state index in [1.54, 1.807) is 17.0 Å². The highest BCUT2D eigenvalue weighted by Gasteiger charge is 2.21. The molecule has 0 saturated heterocycles. The molecule has 0 radical (unpaired) electrons. The Morgan fingerprint density at radius 2 is 1.96 bits per heavy atom. The standard InChI is InChI=1S/C16H15N7OS/c1-24-7-10-12(9-5-3-2-4-6-9)15-21-20-13(14(18)23(15)22-10)16-19-11(17)8-25-16/h2-6,8H,7,17-18H2,1H3. The number of nitrogens with zero attached hydrogens (tertiary/aromatic N) is 5. The molecular weight excluding hydrogens is 338 g/mol. The number of methoxy groups -OCH3 is 1. The lowest BCUT2D eigenvalue weighted by atomic mass is 10.1. The monoisotopic (exact) mass is 353 g/mol. The predicted molar refractivity (Wildman–Crippen MR) is 96.9 cm³/mol. The third-order valence-electron chi connectivity index (χ3n) is 3.72. The summed E-state index contributed by atoms with van der Waals surface area (Å²) in [4.78, 5) is 4.22. The molecule has 126 valence electrons. The predicted octanol–water partition coefficient (Wildman–Crippen LogP) is 2.23. The Labute approximate surface area is 147 Å². The van der Waals surface area contributed by atoms with Crippen LogP contribution in [0.5, 0.6) is 0 Å². The van der Waals surface area contributed by atoms with Gasteiger partial charge in [0.1, 0.15) is 10.8 Å². The zero-order valence-electron chi connectivity index (χ0n) is 13.4. The van der Waals surface area contributed by atoms with Crippen LogP contribution in [-0.4, -0.2) is 31.9 Å². The summed E-state index contributed by atoms with van der Waals surface area (Å²) < 4.78 is 6.87. The Balaban J connectivity index is 1.97. The number of hydrogen-bond acceptors (Lipinski definition) is 8. The van der Waals surface area contributed by atoms with Gasteiger partial charge in [0.25, 0.3) is 0 Å². The molecule has 0 aliphatic rings. The summed E-state index contributed by atoms with van der Waals surface area (Å²) in [5.41, 5.74) is 15.6. The number of anilines is 2. The fourth-order valence-corrected chi connectivity index (χ4v) is 3.35. The first kappa shape index (κ1) is 15.5. The van der Waals surface area contributed by atoms with E-state index in [9.17, 15) is 0 Å². The lowest BCUT2D eigenvalue weighted by Gasteiger charge is -2.04. The van der Waals surface area contributed by atoms with Gasteiger partial charge in [-0.25, -0.2) is 4.98 Å². The van der Waals surface area contributed by atoms with Crippen molar-refractivity contribution in [1.29, 1.82) is 0 Å². The second kappa shape index (κ2) is 6.11. The molecule has 3 heterocycles. The number of nitrogen functional groups attached to an aromatic ring is 2. The molecular formula is C16H15N7OS. The van der Waals surface area contributed by atoms with E-state index in [2.05, 4.69) is 20.3 Å². The number of hydrogen-bond donors (Lipinski definition) is 2. The van der Waals surface area contributed by atoms with Crippen molar-refractivity contribution in [2.24, 2.45) is 0 Å². The van der Waals surface area contributed by atoms with Gasteiger partial charge in [-0.05, 0) is 5.56 Å². The Morgan fingerprint density at radius 3 is 2.64 bits per heavy atom. The number of thiazole rings is 1. The van der Waals surface area contributed by atoms with Crippen molar-refractivity contribution < 1.29 is 4.74 Å². The average molecular weight is 353 g/mol. The van der Waals surface area contributed by atoms with Gasteiger partial charge in [0, 0.05) is 12.5 Å². The molecule has 4 aromatic rings. The van der Waals surface area contributed by atoms with E-state index in [1.165, 1.54) is 11.3 Å². The van der Waals surface area contributed by atoms with Crippen molar-refractivity contribution in [1.82, 2.24) is 24.8 Å². The minimum absolute atomic E-state index is 0.340. The van der Waals surface area contributed by atoms with Crippen molar-refractivity contribution in [2.45, 2.75) is 6.61 Å². The molecule has 4 N–H and O–H groups in total. The lowest BCUT2D eigenvalue weighted by molar-refractivity contribution is 0.181. The van der Waals surface area contributed by atoms with Crippen LogP contribution in [-0.2, 0) is 11.3 Å². The van der Waals surface area contributed by atoms with Gasteiger partial charge in [-0.1, -0.05) is 30.3 Å². The summed E-state index contributed by atoms with van der Waals surface area (Å²) in [6.07, 6.45) is 0. The zero-order chi connectivity index (χ0) is 17.4. The molecule has 0 saturated carbocycles. The van der Waals surface area contributed by atoms with Crippen LogP contribution in [0.2, 0.25) is 0 Å². The zero-order valence-corrected chi connectivity index (χ0v) is 14.2. The van der Waals surface area contributed by atoms with Gasteiger partial charge in [-0.15, -0.1) is 21.5 Å². The Morgan fingerprint density at radius 1 is 1.16 bits per heavy atom. The molecule has 0 bridgehead atoms. The second-order valence-electron chi connectivity index (χ2n) is 5.37. The number of aromatic nitrogens is 5. The third kappa shape index (κ3) is 2.59. The van der Waals surface area contributed by atoms with E-state index < -0.39 is 0 Å². The van der Waals surface area contributed by atoms with Crippen molar-refractivity contribution in [3.05, 3.63) is 41.4 Å². The SMILES string of the molecule is COCc1nn2c(N)c(-c3nc(N)cs3)nnc2c1-c1ccccc1. The maximum atomic E-state index is 6.30. The molecule has 4 rings (SSSR count). The topological polar surface area (TPSA) is 117 Å². The Hall–Kier alpha value is -3.04. The quantitative estimate of drug-likeness (QED) is 0.577. The van der Waals surface area contributed by atoms with Crippen LogP contribution >= 0.6 is 11.3 Å². The summed E-state index contributed by atoms with van der Waals surface area (Å²) in [5.74, 6) is 0.783. The first-order valence-electron chi connectivity index (χ1n) is 7.48. The van der Waals surface area contributed by atoms with Gasteiger partial charge >= 0.3 is 0 Å². The first-order valence-corrected chi connectivity index (χ1v) is 8.36. The summed E-state index contributed by atoms with van der Waals surface area (Å²) in [6.45, 7) is 0.340. The number of nitrogens with two attached hydrogens (primary N) is 2. The highest BCUT2D eigenvalue weighted by Crippen LogP contribution is 2.32. The minimum Gasteiger partial charge on any atom is -0.383 e. The molecule has 0 amide bonds. The normalized spacial score (nSPS) is 11.2. The second-order valence-corrected chi connectivity index (χ2v) is 6.23. The molecule has 0 aliphatic heterocycles. The van der Waals surface area contributed by atoms with Gasteiger partial charge in [-0.2, -0.15) is 9.61 Å². The van der Waals surface area contributed by atoms with Crippen molar-refractivity contribution in [3.8, 4) is 21.8 Å². The van der Waals surface area contributed by atoms with E-state index in [1.807, 2.05) is 30.3 Å². The Bertz CT molecular complexity index is 1040. The fourth-order valence-electron chi connectivity index (χ4n) is 2.65. The van der Waals surface area contributed by atoms with Crippen molar-refractivity contribution in [3.63, 3.8) is 0 Å². The molecule has 3 aromatic heterocycles.